The molecule has 8 heteroatoms. The van der Waals surface area contributed by atoms with Gasteiger partial charge in [-0.1, -0.05) is 13.8 Å². The van der Waals surface area contributed by atoms with Crippen molar-refractivity contribution < 1.29 is 4.79 Å². The van der Waals surface area contributed by atoms with Gasteiger partial charge in [0.05, 0.1) is 12.2 Å². The first-order valence-corrected chi connectivity index (χ1v) is 9.92. The van der Waals surface area contributed by atoms with Crippen molar-refractivity contribution in [1.82, 2.24) is 20.5 Å². The van der Waals surface area contributed by atoms with E-state index in [0.717, 1.165) is 43.4 Å². The van der Waals surface area contributed by atoms with Crippen molar-refractivity contribution in [3.8, 4) is 0 Å². The zero-order valence-electron chi connectivity index (χ0n) is 16.1. The number of amides is 1. The number of halogens is 1. The first-order valence-electron chi connectivity index (χ1n) is 9.11. The van der Waals surface area contributed by atoms with Gasteiger partial charge >= 0.3 is 0 Å². The fourth-order valence-corrected chi connectivity index (χ4v) is 5.02. The Balaban J connectivity index is 0.00000243. The van der Waals surface area contributed by atoms with Gasteiger partial charge in [0, 0.05) is 43.4 Å². The number of likely N-dealkylation sites (tertiary alicyclic amines) is 1. The molecule has 2 aliphatic rings. The van der Waals surface area contributed by atoms with Crippen molar-refractivity contribution in [3.05, 3.63) is 15.6 Å². The lowest BCUT2D eigenvalue weighted by atomic mass is 9.79. The fraction of sp³-hybridized carbons (Fsp3) is 0.722. The molecule has 2 aliphatic heterocycles. The number of aromatic nitrogens is 1. The third kappa shape index (κ3) is 4.68. The second-order valence-electron chi connectivity index (χ2n) is 7.58. The summed E-state index contributed by atoms with van der Waals surface area (Å²) in [7, 11) is 1.83. The average molecular weight is 491 g/mol. The number of aliphatic imine (C=N–C) groups is 1. The minimum Gasteiger partial charge on any atom is -0.355 e. The molecule has 1 aromatic heterocycles. The molecule has 1 amide bonds. The topological polar surface area (TPSA) is 69.6 Å². The van der Waals surface area contributed by atoms with Gasteiger partial charge in [-0.25, -0.2) is 4.98 Å². The predicted octanol–water partition coefficient (Wildman–Crippen LogP) is 2.87. The molecule has 1 spiro atoms. The number of nitrogens with one attached hydrogen (secondary N) is 2. The molecule has 0 radical (unpaired) electrons. The summed E-state index contributed by atoms with van der Waals surface area (Å²) in [5.74, 6) is 1.56. The molecular formula is C18H30IN5OS. The van der Waals surface area contributed by atoms with Crippen molar-refractivity contribution in [2.45, 2.75) is 52.5 Å². The largest absolute Gasteiger partial charge is 0.355 e. The second kappa shape index (κ2) is 8.86. The minimum absolute atomic E-state index is 0. The number of guanidine groups is 1. The highest BCUT2D eigenvalue weighted by molar-refractivity contribution is 14.0. The van der Waals surface area contributed by atoms with E-state index in [1.165, 1.54) is 10.6 Å². The maximum atomic E-state index is 11.7. The fourth-order valence-electron chi connectivity index (χ4n) is 3.99. The Morgan fingerprint density at radius 1 is 1.50 bits per heavy atom. The van der Waals surface area contributed by atoms with Crippen LogP contribution < -0.4 is 10.6 Å². The third-order valence-electron chi connectivity index (χ3n) is 5.19. The van der Waals surface area contributed by atoms with Crippen molar-refractivity contribution in [2.75, 3.05) is 26.7 Å². The maximum absolute atomic E-state index is 11.7. The summed E-state index contributed by atoms with van der Waals surface area (Å²) >= 11 is 1.76. The molecule has 6 nitrogen and oxygen atoms in total. The second-order valence-corrected chi connectivity index (χ2v) is 8.87. The monoisotopic (exact) mass is 491 g/mol. The van der Waals surface area contributed by atoms with Crippen LogP contribution >= 0.6 is 35.3 Å². The first kappa shape index (κ1) is 21.4. The standard InChI is InChI=1S/C18H29N5OS.HI/c1-12(2)16-13(3)25-15(22-16)9-20-17(19-4)23-7-5-6-18(11-23)8-14(24)21-10-18;/h12H,5-11H2,1-4H3,(H,19,20)(H,21,24);1H. The Kier molecular flexibility index (Phi) is 7.29. The van der Waals surface area contributed by atoms with Crippen LogP contribution in [0.5, 0.6) is 0 Å². The van der Waals surface area contributed by atoms with E-state index in [-0.39, 0.29) is 35.3 Å². The Hall–Kier alpha value is -0.900. The van der Waals surface area contributed by atoms with Gasteiger partial charge in [-0.15, -0.1) is 35.3 Å². The minimum atomic E-state index is 0. The zero-order valence-corrected chi connectivity index (χ0v) is 19.2. The van der Waals surface area contributed by atoms with E-state index < -0.39 is 0 Å². The summed E-state index contributed by atoms with van der Waals surface area (Å²) in [4.78, 5) is 24.5. The molecule has 3 rings (SSSR count). The zero-order chi connectivity index (χ0) is 18.0. The Labute approximate surface area is 177 Å². The molecule has 0 saturated carbocycles. The third-order valence-corrected chi connectivity index (χ3v) is 6.18. The molecule has 3 heterocycles. The summed E-state index contributed by atoms with van der Waals surface area (Å²) in [5.41, 5.74) is 1.28. The summed E-state index contributed by atoms with van der Waals surface area (Å²) in [6, 6.07) is 0. The summed E-state index contributed by atoms with van der Waals surface area (Å²) in [6.07, 6.45) is 2.86. The lowest BCUT2D eigenvalue weighted by Gasteiger charge is -2.40. The summed E-state index contributed by atoms with van der Waals surface area (Å²) in [5, 5.41) is 7.58. The van der Waals surface area contributed by atoms with Gasteiger partial charge in [-0.2, -0.15) is 0 Å². The van der Waals surface area contributed by atoms with E-state index in [4.69, 9.17) is 4.98 Å². The van der Waals surface area contributed by atoms with Crippen LogP contribution in [-0.2, 0) is 11.3 Å². The molecule has 2 fully saturated rings. The normalized spacial score (nSPS) is 23.3. The summed E-state index contributed by atoms with van der Waals surface area (Å²) < 4.78 is 0. The number of piperidine rings is 1. The van der Waals surface area contributed by atoms with Crippen molar-refractivity contribution in [3.63, 3.8) is 0 Å². The lowest BCUT2D eigenvalue weighted by Crippen LogP contribution is -2.51. The van der Waals surface area contributed by atoms with E-state index in [9.17, 15) is 4.79 Å². The maximum Gasteiger partial charge on any atom is 0.220 e. The van der Waals surface area contributed by atoms with Crippen LogP contribution in [0.3, 0.4) is 0 Å². The van der Waals surface area contributed by atoms with Gasteiger partial charge < -0.3 is 15.5 Å². The molecule has 1 unspecified atom stereocenters. The molecular weight excluding hydrogens is 461 g/mol. The van der Waals surface area contributed by atoms with Gasteiger partial charge in [-0.05, 0) is 25.7 Å². The molecule has 2 N–H and O–H groups in total. The first-order chi connectivity index (χ1) is 11.9. The van der Waals surface area contributed by atoms with Crippen LogP contribution in [0.4, 0.5) is 0 Å². The van der Waals surface area contributed by atoms with Gasteiger partial charge in [-0.3, -0.25) is 9.79 Å². The average Bonchev–Trinajstić information content (AvgIpc) is 3.11. The van der Waals surface area contributed by atoms with Crippen LogP contribution in [0.1, 0.15) is 54.6 Å². The number of carbonyl (C=O) groups excluding carboxylic acids is 1. The lowest BCUT2D eigenvalue weighted by molar-refractivity contribution is -0.119. The number of hydrogen-bond acceptors (Lipinski definition) is 4. The quantitative estimate of drug-likeness (QED) is 0.388. The van der Waals surface area contributed by atoms with Crippen LogP contribution in [0.15, 0.2) is 4.99 Å². The number of nitrogens with zero attached hydrogens (tertiary/aromatic N) is 3. The van der Waals surface area contributed by atoms with Crippen LogP contribution in [-0.4, -0.2) is 48.4 Å². The molecule has 1 aromatic rings. The molecule has 0 aliphatic carbocycles. The molecule has 146 valence electrons. The SMILES string of the molecule is CN=C(NCc1nc(C(C)C)c(C)s1)N1CCCC2(CNC(=O)C2)C1.I. The van der Waals surface area contributed by atoms with E-state index in [1.807, 2.05) is 7.05 Å². The molecule has 2 saturated heterocycles. The number of rotatable bonds is 3. The number of thiazole rings is 1. The van der Waals surface area contributed by atoms with Gasteiger partial charge in [0.1, 0.15) is 5.01 Å². The summed E-state index contributed by atoms with van der Waals surface area (Å²) in [6.45, 7) is 9.88. The smallest absolute Gasteiger partial charge is 0.220 e. The van der Waals surface area contributed by atoms with Crippen LogP contribution in [0.2, 0.25) is 0 Å². The van der Waals surface area contributed by atoms with E-state index in [1.54, 1.807) is 11.3 Å². The number of carbonyl (C=O) groups is 1. The molecule has 1 atom stereocenters. The molecule has 0 bridgehead atoms. The number of aryl methyl sites for hydroxylation is 1. The molecule has 0 aromatic carbocycles. The van der Waals surface area contributed by atoms with E-state index in [2.05, 4.69) is 41.3 Å². The Morgan fingerprint density at radius 3 is 2.85 bits per heavy atom. The Morgan fingerprint density at radius 2 is 2.27 bits per heavy atom. The predicted molar refractivity (Wildman–Crippen MR) is 117 cm³/mol. The van der Waals surface area contributed by atoms with Gasteiger partial charge in [0.25, 0.3) is 0 Å². The highest BCUT2D eigenvalue weighted by Crippen LogP contribution is 2.36. The highest BCUT2D eigenvalue weighted by Gasteiger charge is 2.42. The molecule has 26 heavy (non-hydrogen) atoms. The van der Waals surface area contributed by atoms with E-state index in [0.29, 0.717) is 18.9 Å². The van der Waals surface area contributed by atoms with Gasteiger partial charge in [0.15, 0.2) is 5.96 Å². The van der Waals surface area contributed by atoms with Crippen LogP contribution in [0.25, 0.3) is 0 Å². The number of hydrogen-bond donors (Lipinski definition) is 2. The Bertz CT molecular complexity index is 675. The highest BCUT2D eigenvalue weighted by atomic mass is 127. The van der Waals surface area contributed by atoms with Crippen molar-refractivity contribution in [1.29, 1.82) is 0 Å². The van der Waals surface area contributed by atoms with E-state index >= 15 is 0 Å². The van der Waals surface area contributed by atoms with Crippen LogP contribution in [0, 0.1) is 12.3 Å². The van der Waals surface area contributed by atoms with Gasteiger partial charge in [0.2, 0.25) is 5.91 Å². The van der Waals surface area contributed by atoms with Crippen molar-refractivity contribution in [2.24, 2.45) is 10.4 Å². The van der Waals surface area contributed by atoms with Crippen molar-refractivity contribution >= 4 is 47.2 Å².